The molecule has 240 valence electrons. The van der Waals surface area contributed by atoms with Gasteiger partial charge in [-0.25, -0.2) is 14.4 Å². The lowest BCUT2D eigenvalue weighted by Gasteiger charge is -2.25. The molecule has 0 aliphatic carbocycles. The van der Waals surface area contributed by atoms with Crippen LogP contribution in [0.15, 0.2) is 73.2 Å². The van der Waals surface area contributed by atoms with Crippen LogP contribution in [0.4, 0.5) is 15.8 Å². The minimum atomic E-state index is -0.959. The smallest absolute Gasteiger partial charge is 0.267 e. The fourth-order valence-corrected chi connectivity index (χ4v) is 5.05. The lowest BCUT2D eigenvalue weighted by molar-refractivity contribution is -0.135. The number of benzene rings is 2. The van der Waals surface area contributed by atoms with Crippen LogP contribution in [0.5, 0.6) is 0 Å². The normalized spacial score (nSPS) is 13.4. The molecule has 11 nitrogen and oxygen atoms in total. The van der Waals surface area contributed by atoms with E-state index in [1.807, 2.05) is 13.8 Å². The highest BCUT2D eigenvalue weighted by atomic mass is 35.5. The number of likely N-dealkylation sites (tertiary alicyclic amines) is 1. The number of nitrogens with zero attached hydrogens (tertiary/aromatic N) is 4. The average molecular weight is 655 g/mol. The highest BCUT2D eigenvalue weighted by Crippen LogP contribution is 2.31. The number of hydrogen-bond acceptors (Lipinski definition) is 8. The molecule has 1 unspecified atom stereocenters. The monoisotopic (exact) mass is 654 g/mol. The van der Waals surface area contributed by atoms with E-state index in [-0.39, 0.29) is 34.1 Å². The number of pyridine rings is 1. The first kappa shape index (κ1) is 34.2. The number of rotatable bonds is 8. The number of halogens is 2. The molecule has 1 aliphatic heterocycles. The Morgan fingerprint density at radius 1 is 1.02 bits per heavy atom. The van der Waals surface area contributed by atoms with Crippen molar-refractivity contribution in [3.63, 3.8) is 0 Å². The van der Waals surface area contributed by atoms with Crippen molar-refractivity contribution < 1.29 is 18.8 Å². The van der Waals surface area contributed by atoms with Gasteiger partial charge in [0.1, 0.15) is 11.8 Å². The van der Waals surface area contributed by atoms with E-state index in [2.05, 4.69) is 37.4 Å². The van der Waals surface area contributed by atoms with Crippen molar-refractivity contribution in [3.8, 4) is 23.1 Å². The van der Waals surface area contributed by atoms with Gasteiger partial charge in [0.15, 0.2) is 5.82 Å². The standard InChI is InChI=1S/C32H26ClFN8O3.C2H6/c33-22-6-2-13-39-30(22)20-5-1-7-24(28(20)34)41-32(45)25-8-3-16-42(25)27(43)18-40-23-11-9-19(17-21(23)29(35)31(36)44)10-12-26-37-14-4-15-38-26;1-2/h1-2,4-7,9,11,13-15,17,25,35,40H,3,8,16,18H2,(H2,36,44)(H,41,45);1-2H3. The third kappa shape index (κ3) is 8.33. The molecule has 47 heavy (non-hydrogen) atoms. The van der Waals surface area contributed by atoms with Gasteiger partial charge in [0, 0.05) is 47.5 Å². The molecule has 0 radical (unpaired) electrons. The number of carbonyl (C=O) groups excluding carboxylic acids is 3. The van der Waals surface area contributed by atoms with Crippen LogP contribution in [0.2, 0.25) is 5.02 Å². The molecule has 4 aromatic rings. The van der Waals surface area contributed by atoms with E-state index in [0.29, 0.717) is 36.5 Å². The second kappa shape index (κ2) is 16.1. The van der Waals surface area contributed by atoms with Gasteiger partial charge in [-0.15, -0.1) is 0 Å². The van der Waals surface area contributed by atoms with E-state index in [1.165, 1.54) is 29.3 Å². The number of primary amides is 1. The largest absolute Gasteiger partial charge is 0.376 e. The van der Waals surface area contributed by atoms with Gasteiger partial charge in [0.2, 0.25) is 17.6 Å². The maximum atomic E-state index is 15.4. The summed E-state index contributed by atoms with van der Waals surface area (Å²) in [5, 5.41) is 14.0. The molecular weight excluding hydrogens is 623 g/mol. The number of anilines is 2. The second-order valence-corrected chi connectivity index (χ2v) is 10.3. The minimum Gasteiger partial charge on any atom is -0.376 e. The van der Waals surface area contributed by atoms with E-state index in [0.717, 1.165) is 0 Å². The number of aromatic nitrogens is 3. The van der Waals surface area contributed by atoms with Gasteiger partial charge in [0.05, 0.1) is 22.9 Å². The fourth-order valence-electron chi connectivity index (χ4n) is 4.83. The third-order valence-electron chi connectivity index (χ3n) is 7.00. The van der Waals surface area contributed by atoms with Crippen LogP contribution >= 0.6 is 11.6 Å². The Morgan fingerprint density at radius 3 is 2.49 bits per heavy atom. The number of carbonyl (C=O) groups is 3. The van der Waals surface area contributed by atoms with Gasteiger partial charge in [-0.1, -0.05) is 37.4 Å². The Hall–Kier alpha value is -5.67. The first-order chi connectivity index (χ1) is 22.7. The SMILES string of the molecule is CC.N=C(C(N)=O)c1cc(C#Cc2ncccn2)ccc1NCC(=O)N1CCCC1C(=O)Nc1cccc(-c2ncccc2Cl)c1F. The van der Waals surface area contributed by atoms with Gasteiger partial charge in [-0.2, -0.15) is 0 Å². The minimum absolute atomic E-state index is 0.0618. The summed E-state index contributed by atoms with van der Waals surface area (Å²) in [6, 6.07) is 13.3. The van der Waals surface area contributed by atoms with Crippen LogP contribution in [0.3, 0.4) is 0 Å². The summed E-state index contributed by atoms with van der Waals surface area (Å²) >= 11 is 6.20. The van der Waals surface area contributed by atoms with Gasteiger partial charge in [0.25, 0.3) is 5.91 Å². The fraction of sp³-hybridized carbons (Fsp3) is 0.206. The number of nitrogens with one attached hydrogen (secondary N) is 3. The molecule has 5 N–H and O–H groups in total. The molecule has 0 bridgehead atoms. The first-order valence-corrected chi connectivity index (χ1v) is 15.2. The summed E-state index contributed by atoms with van der Waals surface area (Å²) < 4.78 is 15.4. The number of nitrogens with two attached hydrogens (primary N) is 1. The van der Waals surface area contributed by atoms with Gasteiger partial charge in [-0.3, -0.25) is 24.8 Å². The van der Waals surface area contributed by atoms with Crippen LogP contribution in [-0.2, 0) is 14.4 Å². The van der Waals surface area contributed by atoms with E-state index in [9.17, 15) is 14.4 Å². The van der Waals surface area contributed by atoms with Gasteiger partial charge < -0.3 is 21.3 Å². The Balaban J connectivity index is 0.00000245. The molecule has 0 spiro atoms. The molecule has 3 heterocycles. The number of amides is 3. The molecule has 1 atom stereocenters. The molecule has 2 aromatic carbocycles. The zero-order valence-corrected chi connectivity index (χ0v) is 26.4. The first-order valence-electron chi connectivity index (χ1n) is 14.8. The lowest BCUT2D eigenvalue weighted by Crippen LogP contribution is -2.45. The molecule has 0 saturated carbocycles. The van der Waals surface area contributed by atoms with E-state index >= 15 is 4.39 Å². The Morgan fingerprint density at radius 2 is 1.77 bits per heavy atom. The van der Waals surface area contributed by atoms with Crippen molar-refractivity contribution in [2.75, 3.05) is 23.7 Å². The topological polar surface area (TPSA) is 167 Å². The highest BCUT2D eigenvalue weighted by molar-refractivity contribution is 6.44. The van der Waals surface area contributed by atoms with E-state index < -0.39 is 35.3 Å². The maximum Gasteiger partial charge on any atom is 0.267 e. The van der Waals surface area contributed by atoms with Crippen molar-refractivity contribution in [3.05, 3.63) is 101 Å². The number of hydrogen-bond donors (Lipinski definition) is 4. The lowest BCUT2D eigenvalue weighted by atomic mass is 10.0. The predicted molar refractivity (Wildman–Crippen MR) is 178 cm³/mol. The Kier molecular flexibility index (Phi) is 11.7. The molecule has 3 amide bonds. The maximum absolute atomic E-state index is 15.4. The van der Waals surface area contributed by atoms with Crippen molar-refractivity contribution in [1.82, 2.24) is 19.9 Å². The zero-order valence-electron chi connectivity index (χ0n) is 25.7. The van der Waals surface area contributed by atoms with Crippen LogP contribution < -0.4 is 16.4 Å². The quantitative estimate of drug-likeness (QED) is 0.158. The highest BCUT2D eigenvalue weighted by Gasteiger charge is 2.34. The predicted octanol–water partition coefficient (Wildman–Crippen LogP) is 4.65. The molecule has 1 fully saturated rings. The van der Waals surface area contributed by atoms with E-state index in [4.69, 9.17) is 22.7 Å². The van der Waals surface area contributed by atoms with Crippen LogP contribution in [0.1, 0.15) is 43.6 Å². The van der Waals surface area contributed by atoms with Crippen LogP contribution in [0, 0.1) is 23.1 Å². The molecule has 1 aliphatic rings. The third-order valence-corrected chi connectivity index (χ3v) is 7.30. The average Bonchev–Trinajstić information content (AvgIpc) is 3.59. The molecule has 2 aromatic heterocycles. The zero-order chi connectivity index (χ0) is 33.9. The molecule has 13 heteroatoms. The summed E-state index contributed by atoms with van der Waals surface area (Å²) in [6.45, 7) is 4.08. The summed E-state index contributed by atoms with van der Waals surface area (Å²) in [4.78, 5) is 52.0. The Bertz CT molecular complexity index is 1860. The van der Waals surface area contributed by atoms with Crippen molar-refractivity contribution in [2.24, 2.45) is 5.73 Å². The van der Waals surface area contributed by atoms with Crippen molar-refractivity contribution in [2.45, 2.75) is 32.7 Å². The summed E-state index contributed by atoms with van der Waals surface area (Å²) in [5.41, 5.74) is 6.14. The van der Waals surface area contributed by atoms with Crippen LogP contribution in [0.25, 0.3) is 11.3 Å². The summed E-state index contributed by atoms with van der Waals surface area (Å²) in [6.07, 6.45) is 5.57. The second-order valence-electron chi connectivity index (χ2n) is 9.91. The Labute approximate surface area is 276 Å². The molecular formula is C34H32ClFN8O3. The summed E-state index contributed by atoms with van der Waals surface area (Å²) in [5.74, 6) is 3.39. The van der Waals surface area contributed by atoms with E-state index in [1.54, 1.807) is 48.8 Å². The summed E-state index contributed by atoms with van der Waals surface area (Å²) in [7, 11) is 0. The molecule has 5 rings (SSSR count). The van der Waals surface area contributed by atoms with Crippen molar-refractivity contribution in [1.29, 1.82) is 5.41 Å². The van der Waals surface area contributed by atoms with Crippen LogP contribution in [-0.4, -0.2) is 62.4 Å². The van der Waals surface area contributed by atoms with Gasteiger partial charge in [-0.05, 0) is 67.3 Å². The van der Waals surface area contributed by atoms with Gasteiger partial charge >= 0.3 is 0 Å². The molecule has 1 saturated heterocycles. The van der Waals surface area contributed by atoms with Crippen molar-refractivity contribution >= 4 is 46.4 Å².